The van der Waals surface area contributed by atoms with Crippen molar-refractivity contribution >= 4 is 21.6 Å². The Morgan fingerprint density at radius 3 is 2.55 bits per heavy atom. The van der Waals surface area contributed by atoms with Crippen molar-refractivity contribution in [1.29, 1.82) is 0 Å². The third-order valence-electron chi connectivity index (χ3n) is 4.39. The lowest BCUT2D eigenvalue weighted by Crippen LogP contribution is -2.41. The molecule has 3 aromatic rings. The lowest BCUT2D eigenvalue weighted by molar-refractivity contribution is -0.129. The Morgan fingerprint density at radius 1 is 1.19 bits per heavy atom. The first-order valence-corrected chi connectivity index (χ1v) is 11.0. The molecule has 164 valence electrons. The zero-order valence-corrected chi connectivity index (χ0v) is 18.0. The molecule has 11 heteroatoms. The maximum atomic E-state index is 13.2. The number of carbonyl (C=O) groups is 1. The number of hydrogen-bond donors (Lipinski definition) is 0. The van der Waals surface area contributed by atoms with Crippen LogP contribution in [0.3, 0.4) is 0 Å². The summed E-state index contributed by atoms with van der Waals surface area (Å²) in [5.41, 5.74) is 0.867. The van der Waals surface area contributed by atoms with Gasteiger partial charge in [0.15, 0.2) is 0 Å². The van der Waals surface area contributed by atoms with Crippen LogP contribution in [0.1, 0.15) is 5.89 Å². The molecule has 3 rings (SSSR count). The monoisotopic (exact) mass is 448 g/mol. The summed E-state index contributed by atoms with van der Waals surface area (Å²) < 4.78 is 48.8. The molecule has 0 saturated carbocycles. The van der Waals surface area contributed by atoms with Gasteiger partial charge < -0.3 is 14.2 Å². The minimum Gasteiger partial charge on any atom is -0.497 e. The molecule has 1 aromatic heterocycles. The largest absolute Gasteiger partial charge is 0.497 e. The molecular weight excluding hydrogens is 427 g/mol. The summed E-state index contributed by atoms with van der Waals surface area (Å²) in [6, 6.07) is 11.9. The van der Waals surface area contributed by atoms with E-state index in [1.807, 2.05) is 0 Å². The first kappa shape index (κ1) is 22.2. The van der Waals surface area contributed by atoms with E-state index in [1.54, 1.807) is 31.4 Å². The van der Waals surface area contributed by atoms with Crippen molar-refractivity contribution in [3.8, 4) is 17.1 Å². The lowest BCUT2D eigenvalue weighted by Gasteiger charge is -2.24. The average molecular weight is 448 g/mol. The fourth-order valence-electron chi connectivity index (χ4n) is 2.74. The molecule has 0 radical (unpaired) electrons. The minimum absolute atomic E-state index is 0.0170. The maximum absolute atomic E-state index is 13.2. The molecule has 0 atom stereocenters. The summed E-state index contributed by atoms with van der Waals surface area (Å²) in [7, 11) is -0.733. The molecule has 31 heavy (non-hydrogen) atoms. The van der Waals surface area contributed by atoms with E-state index in [-0.39, 0.29) is 18.1 Å². The number of likely N-dealkylation sites (N-methyl/N-ethyl adjacent to an activating group) is 1. The summed E-state index contributed by atoms with van der Waals surface area (Å²) in [6.45, 7) is -0.478. The number of halogens is 1. The summed E-state index contributed by atoms with van der Waals surface area (Å²) >= 11 is 0. The van der Waals surface area contributed by atoms with Crippen LogP contribution in [0.15, 0.2) is 53.1 Å². The van der Waals surface area contributed by atoms with Gasteiger partial charge in [-0.15, -0.1) is 0 Å². The zero-order chi connectivity index (χ0) is 22.6. The molecule has 0 bridgehead atoms. The SMILES string of the molecule is COc1cccc(-c2noc(CN(C)C(=O)CN(c3ccc(F)cc3)S(C)(=O)=O)n2)c1. The van der Waals surface area contributed by atoms with Crippen LogP contribution < -0.4 is 9.04 Å². The van der Waals surface area contributed by atoms with E-state index in [0.717, 1.165) is 22.7 Å². The van der Waals surface area contributed by atoms with Gasteiger partial charge in [-0.3, -0.25) is 9.10 Å². The van der Waals surface area contributed by atoms with Crippen molar-refractivity contribution in [2.75, 3.05) is 31.3 Å². The van der Waals surface area contributed by atoms with Crippen LogP contribution in [0.5, 0.6) is 5.75 Å². The summed E-state index contributed by atoms with van der Waals surface area (Å²) in [5, 5.41) is 3.91. The third-order valence-corrected chi connectivity index (χ3v) is 5.53. The molecule has 1 amide bonds. The number of sulfonamides is 1. The number of amides is 1. The summed E-state index contributed by atoms with van der Waals surface area (Å²) in [6.07, 6.45) is 0.974. The van der Waals surface area contributed by atoms with Crippen LogP contribution in [0.4, 0.5) is 10.1 Å². The van der Waals surface area contributed by atoms with E-state index in [9.17, 15) is 17.6 Å². The third kappa shape index (κ3) is 5.57. The molecule has 0 fully saturated rings. The molecule has 0 aliphatic heterocycles. The van der Waals surface area contributed by atoms with Crippen molar-refractivity contribution in [2.45, 2.75) is 6.54 Å². The van der Waals surface area contributed by atoms with Crippen LogP contribution in [-0.4, -0.2) is 56.3 Å². The first-order valence-electron chi connectivity index (χ1n) is 9.11. The molecule has 9 nitrogen and oxygen atoms in total. The van der Waals surface area contributed by atoms with Gasteiger partial charge in [-0.05, 0) is 36.4 Å². The van der Waals surface area contributed by atoms with Crippen molar-refractivity contribution in [3.05, 3.63) is 60.2 Å². The van der Waals surface area contributed by atoms with Crippen LogP contribution >= 0.6 is 0 Å². The second-order valence-corrected chi connectivity index (χ2v) is 8.65. The Hall–Kier alpha value is -3.47. The lowest BCUT2D eigenvalue weighted by atomic mass is 10.2. The van der Waals surface area contributed by atoms with Gasteiger partial charge in [0.1, 0.15) is 18.1 Å². The number of anilines is 1. The second-order valence-electron chi connectivity index (χ2n) is 6.74. The van der Waals surface area contributed by atoms with Gasteiger partial charge >= 0.3 is 0 Å². The number of hydrogen-bond acceptors (Lipinski definition) is 7. The van der Waals surface area contributed by atoms with Crippen molar-refractivity contribution in [2.24, 2.45) is 0 Å². The second kappa shape index (κ2) is 9.13. The molecule has 0 spiro atoms. The topological polar surface area (TPSA) is 106 Å². The number of carbonyl (C=O) groups excluding carboxylic acids is 1. The van der Waals surface area contributed by atoms with Gasteiger partial charge in [-0.1, -0.05) is 17.3 Å². The van der Waals surface area contributed by atoms with Gasteiger partial charge in [0.25, 0.3) is 0 Å². The first-order chi connectivity index (χ1) is 14.7. The minimum atomic E-state index is -3.77. The highest BCUT2D eigenvalue weighted by Crippen LogP contribution is 2.22. The van der Waals surface area contributed by atoms with E-state index in [1.165, 1.54) is 24.1 Å². The van der Waals surface area contributed by atoms with Crippen molar-refractivity contribution in [1.82, 2.24) is 15.0 Å². The molecule has 0 unspecified atom stereocenters. The van der Waals surface area contributed by atoms with Gasteiger partial charge in [-0.2, -0.15) is 4.98 Å². The maximum Gasteiger partial charge on any atom is 0.246 e. The normalized spacial score (nSPS) is 11.2. The predicted molar refractivity (Wildman–Crippen MR) is 111 cm³/mol. The fourth-order valence-corrected chi connectivity index (χ4v) is 3.59. The Labute approximate surface area is 179 Å². The van der Waals surface area contributed by atoms with Crippen LogP contribution in [0.2, 0.25) is 0 Å². The molecule has 0 N–H and O–H groups in total. The van der Waals surface area contributed by atoms with Gasteiger partial charge in [0.05, 0.1) is 25.6 Å². The quantitative estimate of drug-likeness (QED) is 0.521. The van der Waals surface area contributed by atoms with Gasteiger partial charge in [0, 0.05) is 12.6 Å². The highest BCUT2D eigenvalue weighted by molar-refractivity contribution is 7.92. The molecule has 0 aliphatic rings. The molecule has 0 aliphatic carbocycles. The van der Waals surface area contributed by atoms with Gasteiger partial charge in [0.2, 0.25) is 27.6 Å². The van der Waals surface area contributed by atoms with Crippen LogP contribution in [0, 0.1) is 5.82 Å². The molecular formula is C20H21FN4O5S. The Balaban J connectivity index is 1.71. The van der Waals surface area contributed by atoms with Crippen molar-refractivity contribution < 1.29 is 26.9 Å². The standard InChI is InChI=1S/C20H21FN4O5S/c1-24(12-18-22-20(23-30-18)14-5-4-6-17(11-14)29-2)19(26)13-25(31(3,27)28)16-9-7-15(21)8-10-16/h4-11H,12-13H2,1-3H3. The summed E-state index contributed by atoms with van der Waals surface area (Å²) in [5.74, 6) is 0.137. The Morgan fingerprint density at radius 2 is 1.90 bits per heavy atom. The molecule has 1 heterocycles. The zero-order valence-electron chi connectivity index (χ0n) is 17.1. The van der Waals surface area contributed by atoms with E-state index >= 15 is 0 Å². The van der Waals surface area contributed by atoms with Crippen LogP contribution in [0.25, 0.3) is 11.4 Å². The Kier molecular flexibility index (Phi) is 6.54. The highest BCUT2D eigenvalue weighted by Gasteiger charge is 2.24. The fraction of sp³-hybridized carbons (Fsp3) is 0.250. The van der Waals surface area contributed by atoms with E-state index < -0.39 is 28.3 Å². The predicted octanol–water partition coefficient (Wildman–Crippen LogP) is 2.31. The van der Waals surface area contributed by atoms with Gasteiger partial charge in [-0.25, -0.2) is 12.8 Å². The van der Waals surface area contributed by atoms with Crippen LogP contribution in [-0.2, 0) is 21.4 Å². The highest BCUT2D eigenvalue weighted by atomic mass is 32.2. The van der Waals surface area contributed by atoms with Crippen molar-refractivity contribution in [3.63, 3.8) is 0 Å². The number of aromatic nitrogens is 2. The number of rotatable bonds is 8. The smallest absolute Gasteiger partial charge is 0.246 e. The summed E-state index contributed by atoms with van der Waals surface area (Å²) in [4.78, 5) is 18.2. The number of benzene rings is 2. The molecule has 0 saturated heterocycles. The number of nitrogens with zero attached hydrogens (tertiary/aromatic N) is 4. The van der Waals surface area contributed by atoms with E-state index in [4.69, 9.17) is 9.26 Å². The van der Waals surface area contributed by atoms with E-state index in [0.29, 0.717) is 17.1 Å². The number of methoxy groups -OCH3 is 1. The Bertz CT molecular complexity index is 1160. The van der Waals surface area contributed by atoms with E-state index in [2.05, 4.69) is 10.1 Å². The number of ether oxygens (including phenoxy) is 1. The average Bonchev–Trinajstić information content (AvgIpc) is 3.20. The molecule has 2 aromatic carbocycles.